The molecule has 2 aromatic rings. The highest BCUT2D eigenvalue weighted by molar-refractivity contribution is 6.00. The van der Waals surface area contributed by atoms with Crippen LogP contribution in [0.3, 0.4) is 0 Å². The number of esters is 2. The number of hydrogen-bond acceptors (Lipinski definition) is 6. The average Bonchev–Trinajstić information content (AvgIpc) is 2.70. The lowest BCUT2D eigenvalue weighted by Crippen LogP contribution is -2.22. The van der Waals surface area contributed by atoms with E-state index in [1.54, 1.807) is 0 Å². The Morgan fingerprint density at radius 1 is 0.929 bits per heavy atom. The Kier molecular flexibility index (Phi) is 7.14. The normalized spacial score (nSPS) is 10.3. The molecule has 0 aliphatic heterocycles. The first kappa shape index (κ1) is 21.0. The Morgan fingerprint density at radius 3 is 2.04 bits per heavy atom. The number of carbonyl (C=O) groups is 3. The quantitative estimate of drug-likeness (QED) is 0.711. The van der Waals surface area contributed by atoms with Crippen LogP contribution in [-0.2, 0) is 14.3 Å². The van der Waals surface area contributed by atoms with Crippen LogP contribution < -0.4 is 10.6 Å². The summed E-state index contributed by atoms with van der Waals surface area (Å²) in [5.74, 6) is -1.25. The van der Waals surface area contributed by atoms with Crippen LogP contribution in [0, 0.1) is 0 Å². The van der Waals surface area contributed by atoms with Gasteiger partial charge in [0.15, 0.2) is 0 Å². The molecule has 0 aromatic heterocycles. The molecule has 0 atom stereocenters. The second-order valence-corrected chi connectivity index (χ2v) is 6.43. The van der Waals surface area contributed by atoms with Crippen molar-refractivity contribution in [3.05, 3.63) is 59.2 Å². The Hall–Kier alpha value is -3.35. The maximum atomic E-state index is 12.4. The van der Waals surface area contributed by atoms with E-state index in [0.29, 0.717) is 11.6 Å². The molecule has 0 heterocycles. The summed E-state index contributed by atoms with van der Waals surface area (Å²) in [6.07, 6.45) is 0. The molecule has 7 heteroatoms. The fourth-order valence-electron chi connectivity index (χ4n) is 2.71. The topological polar surface area (TPSA) is 93.7 Å². The zero-order valence-electron chi connectivity index (χ0n) is 16.4. The fourth-order valence-corrected chi connectivity index (χ4v) is 2.71. The summed E-state index contributed by atoms with van der Waals surface area (Å²) >= 11 is 0. The van der Waals surface area contributed by atoms with E-state index in [1.165, 1.54) is 32.4 Å². The van der Waals surface area contributed by atoms with E-state index in [2.05, 4.69) is 34.0 Å². The van der Waals surface area contributed by atoms with Gasteiger partial charge in [0.25, 0.3) is 0 Å². The molecule has 0 spiro atoms. The SMILES string of the molecule is COC(=O)c1cc(NC(=O)CNc2ccccc2C(C)C)cc(C(=O)OC)c1. The summed E-state index contributed by atoms with van der Waals surface area (Å²) in [4.78, 5) is 36.0. The van der Waals surface area contributed by atoms with Crippen molar-refractivity contribution in [2.45, 2.75) is 19.8 Å². The van der Waals surface area contributed by atoms with Gasteiger partial charge in [0.05, 0.1) is 31.9 Å². The molecule has 0 aliphatic carbocycles. The number of amides is 1. The second-order valence-electron chi connectivity index (χ2n) is 6.43. The first-order valence-electron chi connectivity index (χ1n) is 8.80. The number of anilines is 2. The highest BCUT2D eigenvalue weighted by Crippen LogP contribution is 2.23. The van der Waals surface area contributed by atoms with E-state index < -0.39 is 11.9 Å². The highest BCUT2D eigenvalue weighted by Gasteiger charge is 2.15. The molecule has 0 saturated heterocycles. The van der Waals surface area contributed by atoms with Crippen LogP contribution >= 0.6 is 0 Å². The number of hydrogen-bond donors (Lipinski definition) is 2. The van der Waals surface area contributed by atoms with E-state index in [4.69, 9.17) is 0 Å². The van der Waals surface area contributed by atoms with Crippen LogP contribution in [0.2, 0.25) is 0 Å². The van der Waals surface area contributed by atoms with Gasteiger partial charge in [0.1, 0.15) is 0 Å². The van der Waals surface area contributed by atoms with Crippen molar-refractivity contribution >= 4 is 29.2 Å². The van der Waals surface area contributed by atoms with Gasteiger partial charge in [-0.2, -0.15) is 0 Å². The third-order valence-electron chi connectivity index (χ3n) is 4.08. The number of carbonyl (C=O) groups excluding carboxylic acids is 3. The van der Waals surface area contributed by atoms with Gasteiger partial charge in [-0.25, -0.2) is 9.59 Å². The van der Waals surface area contributed by atoms with Gasteiger partial charge in [-0.05, 0) is 35.7 Å². The third kappa shape index (κ3) is 5.33. The molecule has 0 saturated carbocycles. The summed E-state index contributed by atoms with van der Waals surface area (Å²) in [6, 6.07) is 12.0. The van der Waals surface area contributed by atoms with Crippen molar-refractivity contribution in [1.82, 2.24) is 0 Å². The molecular weight excluding hydrogens is 360 g/mol. The Bertz CT molecular complexity index is 843. The van der Waals surface area contributed by atoms with Gasteiger partial charge in [-0.1, -0.05) is 32.0 Å². The highest BCUT2D eigenvalue weighted by atomic mass is 16.5. The minimum atomic E-state index is -0.620. The van der Waals surface area contributed by atoms with E-state index in [-0.39, 0.29) is 23.6 Å². The van der Waals surface area contributed by atoms with Gasteiger partial charge in [-0.3, -0.25) is 4.79 Å². The standard InChI is InChI=1S/C21H24N2O5/c1-13(2)17-7-5-6-8-18(17)22-12-19(24)23-16-10-14(20(25)27-3)9-15(11-16)21(26)28-4/h5-11,13,22H,12H2,1-4H3,(H,23,24). The van der Waals surface area contributed by atoms with Crippen molar-refractivity contribution in [3.63, 3.8) is 0 Å². The summed E-state index contributed by atoms with van der Waals surface area (Å²) in [5.41, 5.74) is 2.56. The van der Waals surface area contributed by atoms with E-state index in [1.807, 2.05) is 24.3 Å². The number of para-hydroxylation sites is 1. The number of rotatable bonds is 7. The van der Waals surface area contributed by atoms with Crippen LogP contribution in [0.4, 0.5) is 11.4 Å². The largest absolute Gasteiger partial charge is 0.465 e. The zero-order chi connectivity index (χ0) is 20.7. The van der Waals surface area contributed by atoms with Crippen LogP contribution in [-0.4, -0.2) is 38.6 Å². The molecule has 0 bridgehead atoms. The summed E-state index contributed by atoms with van der Waals surface area (Å²) in [5, 5.41) is 5.80. The molecule has 0 unspecified atom stereocenters. The molecule has 148 valence electrons. The first-order valence-corrected chi connectivity index (χ1v) is 8.80. The molecule has 2 N–H and O–H groups in total. The lowest BCUT2D eigenvalue weighted by atomic mass is 10.0. The van der Waals surface area contributed by atoms with Gasteiger partial charge in [-0.15, -0.1) is 0 Å². The molecular formula is C21H24N2O5. The lowest BCUT2D eigenvalue weighted by molar-refractivity contribution is -0.114. The van der Waals surface area contributed by atoms with Gasteiger partial charge < -0.3 is 20.1 Å². The van der Waals surface area contributed by atoms with Crippen molar-refractivity contribution < 1.29 is 23.9 Å². The molecule has 1 amide bonds. The fraction of sp³-hybridized carbons (Fsp3) is 0.286. The maximum absolute atomic E-state index is 12.4. The van der Waals surface area contributed by atoms with E-state index >= 15 is 0 Å². The number of nitrogens with one attached hydrogen (secondary N) is 2. The van der Waals surface area contributed by atoms with Gasteiger partial charge >= 0.3 is 11.9 Å². The minimum Gasteiger partial charge on any atom is -0.465 e. The minimum absolute atomic E-state index is 0.0275. The van der Waals surface area contributed by atoms with Crippen molar-refractivity contribution in [1.29, 1.82) is 0 Å². The van der Waals surface area contributed by atoms with Crippen LogP contribution in [0.1, 0.15) is 46.0 Å². The number of methoxy groups -OCH3 is 2. The van der Waals surface area contributed by atoms with Crippen molar-refractivity contribution in [3.8, 4) is 0 Å². The lowest BCUT2D eigenvalue weighted by Gasteiger charge is -2.15. The van der Waals surface area contributed by atoms with Gasteiger partial charge in [0.2, 0.25) is 5.91 Å². The smallest absolute Gasteiger partial charge is 0.337 e. The molecule has 0 radical (unpaired) electrons. The first-order chi connectivity index (χ1) is 13.3. The van der Waals surface area contributed by atoms with E-state index in [9.17, 15) is 14.4 Å². The second kappa shape index (κ2) is 9.55. The Morgan fingerprint density at radius 2 is 1.50 bits per heavy atom. The third-order valence-corrected chi connectivity index (χ3v) is 4.08. The molecule has 7 nitrogen and oxygen atoms in total. The van der Waals surface area contributed by atoms with Crippen LogP contribution in [0.15, 0.2) is 42.5 Å². The summed E-state index contributed by atoms with van der Waals surface area (Å²) in [6.45, 7) is 4.18. The number of benzene rings is 2. The summed E-state index contributed by atoms with van der Waals surface area (Å²) in [7, 11) is 2.48. The van der Waals surface area contributed by atoms with Crippen LogP contribution in [0.25, 0.3) is 0 Å². The molecule has 0 fully saturated rings. The zero-order valence-corrected chi connectivity index (χ0v) is 16.4. The molecule has 28 heavy (non-hydrogen) atoms. The predicted molar refractivity (Wildman–Crippen MR) is 107 cm³/mol. The average molecular weight is 384 g/mol. The van der Waals surface area contributed by atoms with Crippen molar-refractivity contribution in [2.75, 3.05) is 31.4 Å². The predicted octanol–water partition coefficient (Wildman–Crippen LogP) is 3.43. The maximum Gasteiger partial charge on any atom is 0.337 e. The number of ether oxygens (including phenoxy) is 2. The van der Waals surface area contributed by atoms with Crippen molar-refractivity contribution in [2.24, 2.45) is 0 Å². The Labute approximate surface area is 164 Å². The van der Waals surface area contributed by atoms with Crippen LogP contribution in [0.5, 0.6) is 0 Å². The van der Waals surface area contributed by atoms with Gasteiger partial charge in [0, 0.05) is 11.4 Å². The summed E-state index contributed by atoms with van der Waals surface area (Å²) < 4.78 is 9.38. The monoisotopic (exact) mass is 384 g/mol. The van der Waals surface area contributed by atoms with E-state index in [0.717, 1.165) is 11.3 Å². The molecule has 2 aromatic carbocycles. The molecule has 0 aliphatic rings. The Balaban J connectivity index is 2.15. The molecule has 2 rings (SSSR count).